The number of rotatable bonds is 6. The summed E-state index contributed by atoms with van der Waals surface area (Å²) in [5.41, 5.74) is 2.12. The zero-order chi connectivity index (χ0) is 20.1. The van der Waals surface area contributed by atoms with Crippen molar-refractivity contribution in [1.29, 1.82) is 0 Å². The number of aryl methyl sites for hydroxylation is 1. The number of hydrogen-bond donors (Lipinski definition) is 1. The summed E-state index contributed by atoms with van der Waals surface area (Å²) in [5, 5.41) is 9.26. The van der Waals surface area contributed by atoms with Crippen LogP contribution in [0.2, 0.25) is 0 Å². The number of hydrogen-bond acceptors (Lipinski definition) is 5. The van der Waals surface area contributed by atoms with E-state index in [4.69, 9.17) is 4.18 Å². The summed E-state index contributed by atoms with van der Waals surface area (Å²) in [5.74, 6) is 0.0420. The quantitative estimate of drug-likeness (QED) is 0.382. The molecule has 0 unspecified atom stereocenters. The van der Waals surface area contributed by atoms with Crippen LogP contribution in [0.3, 0.4) is 0 Å². The molecule has 5 nitrogen and oxygen atoms in total. The molecule has 0 radical (unpaired) electrons. The maximum absolute atomic E-state index is 12.3. The van der Waals surface area contributed by atoms with Gasteiger partial charge in [0, 0.05) is 5.56 Å². The van der Waals surface area contributed by atoms with Crippen molar-refractivity contribution in [1.82, 2.24) is 0 Å². The van der Waals surface area contributed by atoms with Crippen LogP contribution in [-0.2, 0) is 10.1 Å². The topological polar surface area (TPSA) is 80.7 Å². The molecule has 0 bridgehead atoms. The highest BCUT2D eigenvalue weighted by Gasteiger charge is 2.16. The Labute approximate surface area is 163 Å². The van der Waals surface area contributed by atoms with E-state index < -0.39 is 10.1 Å². The molecule has 6 heteroatoms. The second kappa shape index (κ2) is 8.10. The first-order chi connectivity index (χ1) is 13.3. The fraction of sp³-hybridized carbons (Fsp3) is 0.0455. The van der Waals surface area contributed by atoms with Gasteiger partial charge in [-0.05, 0) is 67.1 Å². The predicted molar refractivity (Wildman–Crippen MR) is 107 cm³/mol. The monoisotopic (exact) mass is 394 g/mol. The lowest BCUT2D eigenvalue weighted by Gasteiger charge is -2.07. The third-order valence-electron chi connectivity index (χ3n) is 3.97. The van der Waals surface area contributed by atoms with E-state index in [-0.39, 0.29) is 22.2 Å². The lowest BCUT2D eigenvalue weighted by molar-refractivity contribution is 0.104. The lowest BCUT2D eigenvalue weighted by Crippen LogP contribution is -2.09. The van der Waals surface area contributed by atoms with Crippen molar-refractivity contribution in [3.63, 3.8) is 0 Å². The molecule has 0 saturated carbocycles. The van der Waals surface area contributed by atoms with Crippen LogP contribution in [0.25, 0.3) is 6.08 Å². The third-order valence-corrected chi connectivity index (χ3v) is 5.24. The summed E-state index contributed by atoms with van der Waals surface area (Å²) in [4.78, 5) is 12.3. The summed E-state index contributed by atoms with van der Waals surface area (Å²) in [6, 6.07) is 18.7. The highest BCUT2D eigenvalue weighted by molar-refractivity contribution is 7.87. The number of ketones is 1. The smallest absolute Gasteiger partial charge is 0.339 e. The second-order valence-electron chi connectivity index (χ2n) is 6.16. The Morgan fingerprint density at radius 2 is 1.50 bits per heavy atom. The van der Waals surface area contributed by atoms with Crippen molar-refractivity contribution in [3.8, 4) is 11.5 Å². The molecule has 28 heavy (non-hydrogen) atoms. The van der Waals surface area contributed by atoms with Gasteiger partial charge in [-0.1, -0.05) is 35.9 Å². The number of aromatic hydroxyl groups is 1. The molecule has 1 N–H and O–H groups in total. The molecule has 3 aromatic rings. The third kappa shape index (κ3) is 4.86. The van der Waals surface area contributed by atoms with Crippen LogP contribution in [0.4, 0.5) is 0 Å². The maximum atomic E-state index is 12.3. The van der Waals surface area contributed by atoms with Gasteiger partial charge in [0.1, 0.15) is 16.4 Å². The van der Waals surface area contributed by atoms with Gasteiger partial charge in [-0.3, -0.25) is 4.79 Å². The first-order valence-electron chi connectivity index (χ1n) is 8.46. The molecular formula is C22H18O5S. The van der Waals surface area contributed by atoms with Crippen molar-refractivity contribution >= 4 is 22.0 Å². The molecule has 0 aliphatic rings. The Balaban J connectivity index is 1.69. The molecule has 0 fully saturated rings. The zero-order valence-electron chi connectivity index (χ0n) is 15.1. The second-order valence-corrected chi connectivity index (χ2v) is 7.71. The van der Waals surface area contributed by atoms with Gasteiger partial charge in [0.15, 0.2) is 5.78 Å². The van der Waals surface area contributed by atoms with E-state index in [2.05, 4.69) is 0 Å². The van der Waals surface area contributed by atoms with Crippen LogP contribution in [0.15, 0.2) is 83.8 Å². The van der Waals surface area contributed by atoms with Gasteiger partial charge in [0.25, 0.3) is 0 Å². The van der Waals surface area contributed by atoms with E-state index in [0.717, 1.165) is 11.1 Å². The van der Waals surface area contributed by atoms with Crippen LogP contribution >= 0.6 is 0 Å². The van der Waals surface area contributed by atoms with Crippen LogP contribution < -0.4 is 4.18 Å². The standard InChI is InChI=1S/C22H18O5S/c1-16-2-13-21(14-3-16)28(25,26)27-20-11-7-18(8-12-20)22(24)15-6-17-4-9-19(23)10-5-17/h2-15,23H,1H3/b15-6+. The maximum Gasteiger partial charge on any atom is 0.339 e. The molecule has 0 saturated heterocycles. The largest absolute Gasteiger partial charge is 0.508 e. The van der Waals surface area contributed by atoms with E-state index in [1.54, 1.807) is 30.3 Å². The zero-order valence-corrected chi connectivity index (χ0v) is 15.9. The molecule has 0 aromatic heterocycles. The van der Waals surface area contributed by atoms with Gasteiger partial charge in [-0.15, -0.1) is 0 Å². The van der Waals surface area contributed by atoms with E-state index >= 15 is 0 Å². The molecule has 0 heterocycles. The molecule has 0 aliphatic heterocycles. The average molecular weight is 394 g/mol. The Bertz CT molecular complexity index is 1100. The summed E-state index contributed by atoms with van der Waals surface area (Å²) < 4.78 is 29.7. The highest BCUT2D eigenvalue weighted by Crippen LogP contribution is 2.20. The summed E-state index contributed by atoms with van der Waals surface area (Å²) in [6.45, 7) is 1.86. The summed E-state index contributed by atoms with van der Waals surface area (Å²) >= 11 is 0. The van der Waals surface area contributed by atoms with Crippen molar-refractivity contribution in [3.05, 3.63) is 95.6 Å². The van der Waals surface area contributed by atoms with Crippen LogP contribution in [0.5, 0.6) is 11.5 Å². The number of phenols is 1. The minimum Gasteiger partial charge on any atom is -0.508 e. The molecule has 0 amide bonds. The number of carbonyl (C=O) groups is 1. The van der Waals surface area contributed by atoms with Gasteiger partial charge in [-0.2, -0.15) is 8.42 Å². The van der Waals surface area contributed by atoms with Crippen molar-refractivity contribution < 1.29 is 22.5 Å². The molecule has 142 valence electrons. The highest BCUT2D eigenvalue weighted by atomic mass is 32.2. The predicted octanol–water partition coefficient (Wildman–Crippen LogP) is 4.36. The Morgan fingerprint density at radius 3 is 2.11 bits per heavy atom. The van der Waals surface area contributed by atoms with E-state index in [1.165, 1.54) is 54.6 Å². The molecular weight excluding hydrogens is 376 g/mol. The molecule has 0 atom stereocenters. The normalized spacial score (nSPS) is 11.5. The minimum atomic E-state index is -3.93. The average Bonchev–Trinajstić information content (AvgIpc) is 2.68. The van der Waals surface area contributed by atoms with Gasteiger partial charge in [0.2, 0.25) is 0 Å². The Hall–Kier alpha value is -3.38. The fourth-order valence-electron chi connectivity index (χ4n) is 2.41. The van der Waals surface area contributed by atoms with E-state index in [0.29, 0.717) is 5.56 Å². The van der Waals surface area contributed by atoms with Gasteiger partial charge < -0.3 is 9.29 Å². The first-order valence-corrected chi connectivity index (χ1v) is 9.87. The van der Waals surface area contributed by atoms with Gasteiger partial charge >= 0.3 is 10.1 Å². The van der Waals surface area contributed by atoms with Crippen LogP contribution in [-0.4, -0.2) is 19.3 Å². The molecule has 0 aliphatic carbocycles. The van der Waals surface area contributed by atoms with Crippen molar-refractivity contribution in [2.75, 3.05) is 0 Å². The summed E-state index contributed by atoms with van der Waals surface area (Å²) in [6.07, 6.45) is 3.04. The fourth-order valence-corrected chi connectivity index (χ4v) is 3.34. The number of allylic oxidation sites excluding steroid dienone is 1. The molecule has 3 rings (SSSR count). The minimum absolute atomic E-state index is 0.0649. The van der Waals surface area contributed by atoms with Crippen LogP contribution in [0.1, 0.15) is 21.5 Å². The molecule has 0 spiro atoms. The first kappa shape index (κ1) is 19.4. The van der Waals surface area contributed by atoms with Crippen LogP contribution in [0, 0.1) is 6.92 Å². The lowest BCUT2D eigenvalue weighted by atomic mass is 10.1. The molecule has 3 aromatic carbocycles. The number of benzene rings is 3. The number of phenolic OH excluding ortho intramolecular Hbond substituents is 1. The Kier molecular flexibility index (Phi) is 5.61. The van der Waals surface area contributed by atoms with Crippen molar-refractivity contribution in [2.24, 2.45) is 0 Å². The van der Waals surface area contributed by atoms with E-state index in [9.17, 15) is 18.3 Å². The van der Waals surface area contributed by atoms with Crippen molar-refractivity contribution in [2.45, 2.75) is 11.8 Å². The Morgan fingerprint density at radius 1 is 0.893 bits per heavy atom. The van der Waals surface area contributed by atoms with Gasteiger partial charge in [-0.25, -0.2) is 0 Å². The SMILES string of the molecule is Cc1ccc(S(=O)(=O)Oc2ccc(C(=O)/C=C/c3ccc(O)cc3)cc2)cc1. The van der Waals surface area contributed by atoms with Gasteiger partial charge in [0.05, 0.1) is 0 Å². The summed E-state index contributed by atoms with van der Waals surface area (Å²) in [7, 11) is -3.93. The number of carbonyl (C=O) groups excluding carboxylic acids is 1. The van der Waals surface area contributed by atoms with E-state index in [1.807, 2.05) is 6.92 Å².